The fourth-order valence-corrected chi connectivity index (χ4v) is 3.07. The molecule has 7 nitrogen and oxygen atoms in total. The van der Waals surface area contributed by atoms with Crippen LogP contribution in [0, 0.1) is 0 Å². The first-order chi connectivity index (χ1) is 12.6. The number of benzene rings is 1. The van der Waals surface area contributed by atoms with E-state index in [0.29, 0.717) is 39.3 Å². The Kier molecular flexibility index (Phi) is 7.76. The molecule has 27 heavy (non-hydrogen) atoms. The fourth-order valence-electron chi connectivity index (χ4n) is 3.07. The lowest BCUT2D eigenvalue weighted by atomic mass is 10.1. The second kappa shape index (κ2) is 9.82. The first-order valence-corrected chi connectivity index (χ1v) is 8.50. The zero-order valence-electron chi connectivity index (χ0n) is 14.6. The Hall–Kier alpha value is -1.97. The van der Waals surface area contributed by atoms with Crippen LogP contribution in [-0.2, 0) is 9.53 Å². The number of amides is 2. The molecule has 2 fully saturated rings. The molecule has 0 bridgehead atoms. The van der Waals surface area contributed by atoms with Crippen molar-refractivity contribution in [3.63, 3.8) is 0 Å². The summed E-state index contributed by atoms with van der Waals surface area (Å²) in [5, 5.41) is 3.11. The number of alkyl halides is 2. The average molecular weight is 406 g/mol. The average Bonchev–Trinajstić information content (AvgIpc) is 2.68. The summed E-state index contributed by atoms with van der Waals surface area (Å²) in [6.45, 7) is 0.118. The molecule has 1 N–H and O–H groups in total. The number of piperazine rings is 1. The van der Waals surface area contributed by atoms with E-state index < -0.39 is 12.7 Å². The van der Waals surface area contributed by atoms with Crippen LogP contribution in [-0.4, -0.2) is 80.2 Å². The predicted molar refractivity (Wildman–Crippen MR) is 95.4 cm³/mol. The van der Waals surface area contributed by atoms with Crippen LogP contribution in [0.15, 0.2) is 24.3 Å². The van der Waals surface area contributed by atoms with Gasteiger partial charge in [-0.25, -0.2) is 0 Å². The summed E-state index contributed by atoms with van der Waals surface area (Å²) in [7, 11) is 0. The molecule has 1 atom stereocenters. The third kappa shape index (κ3) is 5.27. The van der Waals surface area contributed by atoms with Crippen LogP contribution < -0.4 is 10.1 Å². The molecule has 1 aromatic rings. The fraction of sp³-hybridized carbons (Fsp3) is 0.529. The normalized spacial score (nSPS) is 20.2. The van der Waals surface area contributed by atoms with Crippen LogP contribution in [0.2, 0.25) is 0 Å². The molecule has 2 heterocycles. The number of ether oxygens (including phenoxy) is 2. The van der Waals surface area contributed by atoms with E-state index in [1.54, 1.807) is 11.0 Å². The van der Waals surface area contributed by atoms with Crippen LogP contribution in [0.1, 0.15) is 10.4 Å². The highest BCUT2D eigenvalue weighted by molar-refractivity contribution is 5.97. The minimum absolute atomic E-state index is 0. The van der Waals surface area contributed by atoms with Gasteiger partial charge in [0.1, 0.15) is 11.9 Å². The van der Waals surface area contributed by atoms with Gasteiger partial charge in [-0.2, -0.15) is 8.78 Å². The molecular formula is C17H22ClF2N3O4. The molecule has 0 saturated carbocycles. The van der Waals surface area contributed by atoms with Crippen LogP contribution in [0.4, 0.5) is 8.78 Å². The molecule has 0 spiro atoms. The molecule has 3 rings (SSSR count). The van der Waals surface area contributed by atoms with Gasteiger partial charge in [0.2, 0.25) is 0 Å². The second-order valence-electron chi connectivity index (χ2n) is 6.06. The molecular weight excluding hydrogens is 384 g/mol. The van der Waals surface area contributed by atoms with Crippen molar-refractivity contribution in [2.45, 2.75) is 12.7 Å². The number of hydrogen-bond donors (Lipinski definition) is 1. The number of carbonyl (C=O) groups excluding carboxylic acids is 2. The van der Waals surface area contributed by atoms with Crippen molar-refractivity contribution < 1.29 is 27.8 Å². The van der Waals surface area contributed by atoms with Gasteiger partial charge in [0.25, 0.3) is 11.8 Å². The van der Waals surface area contributed by atoms with Crippen molar-refractivity contribution in [3.05, 3.63) is 29.8 Å². The Labute approximate surface area is 162 Å². The maximum atomic E-state index is 12.6. The molecule has 2 aliphatic heterocycles. The van der Waals surface area contributed by atoms with Gasteiger partial charge in [0.15, 0.2) is 0 Å². The van der Waals surface area contributed by atoms with Gasteiger partial charge in [0, 0.05) is 39.3 Å². The SMILES string of the molecule is Cl.O=C(c1ccccc1OC(F)F)N1CCN(C(=O)C2CNCCO2)CC1. The lowest BCUT2D eigenvalue weighted by Gasteiger charge is -2.37. The Balaban J connectivity index is 0.00000261. The smallest absolute Gasteiger partial charge is 0.387 e. The van der Waals surface area contributed by atoms with Crippen LogP contribution in [0.25, 0.3) is 0 Å². The number of rotatable bonds is 4. The molecule has 150 valence electrons. The minimum atomic E-state index is -3.00. The molecule has 2 amide bonds. The third-order valence-corrected chi connectivity index (χ3v) is 4.42. The van der Waals surface area contributed by atoms with E-state index in [9.17, 15) is 18.4 Å². The molecule has 1 unspecified atom stereocenters. The summed E-state index contributed by atoms with van der Waals surface area (Å²) in [6, 6.07) is 5.92. The number of carbonyl (C=O) groups is 2. The zero-order chi connectivity index (χ0) is 18.5. The van der Waals surface area contributed by atoms with E-state index in [0.717, 1.165) is 6.54 Å². The first-order valence-electron chi connectivity index (χ1n) is 8.50. The van der Waals surface area contributed by atoms with Crippen molar-refractivity contribution in [2.75, 3.05) is 45.9 Å². The van der Waals surface area contributed by atoms with E-state index in [2.05, 4.69) is 10.1 Å². The highest BCUT2D eigenvalue weighted by atomic mass is 35.5. The highest BCUT2D eigenvalue weighted by Gasteiger charge is 2.31. The summed E-state index contributed by atoms with van der Waals surface area (Å²) < 4.78 is 34.9. The van der Waals surface area contributed by atoms with E-state index in [1.807, 2.05) is 0 Å². The molecule has 2 aliphatic rings. The number of para-hydroxylation sites is 1. The zero-order valence-corrected chi connectivity index (χ0v) is 15.4. The summed E-state index contributed by atoms with van der Waals surface area (Å²) in [6.07, 6.45) is -0.494. The van der Waals surface area contributed by atoms with Crippen LogP contribution in [0.3, 0.4) is 0 Å². The first kappa shape index (κ1) is 21.3. The molecule has 10 heteroatoms. The topological polar surface area (TPSA) is 71.1 Å². The molecule has 0 aliphatic carbocycles. The third-order valence-electron chi connectivity index (χ3n) is 4.42. The standard InChI is InChI=1S/C17H21F2N3O4.ClH/c18-17(19)26-13-4-2-1-3-12(13)15(23)21-6-8-22(9-7-21)16(24)14-11-20-5-10-25-14;/h1-4,14,17,20H,5-11H2;1H. The summed E-state index contributed by atoms with van der Waals surface area (Å²) in [5.74, 6) is -0.623. The molecule has 1 aromatic carbocycles. The van der Waals surface area contributed by atoms with Gasteiger partial charge < -0.3 is 24.6 Å². The van der Waals surface area contributed by atoms with Gasteiger partial charge in [-0.05, 0) is 12.1 Å². The van der Waals surface area contributed by atoms with Crippen molar-refractivity contribution in [1.82, 2.24) is 15.1 Å². The number of nitrogens with one attached hydrogen (secondary N) is 1. The second-order valence-corrected chi connectivity index (χ2v) is 6.06. The molecule has 2 saturated heterocycles. The maximum absolute atomic E-state index is 12.6. The van der Waals surface area contributed by atoms with Crippen molar-refractivity contribution in [2.24, 2.45) is 0 Å². The molecule has 0 aromatic heterocycles. The largest absolute Gasteiger partial charge is 0.434 e. The summed E-state index contributed by atoms with van der Waals surface area (Å²) in [5.41, 5.74) is 0.0902. The van der Waals surface area contributed by atoms with Crippen molar-refractivity contribution in [1.29, 1.82) is 0 Å². The number of halogens is 3. The Morgan fingerprint density at radius 1 is 1.15 bits per heavy atom. The van der Waals surface area contributed by atoms with Gasteiger partial charge in [-0.3, -0.25) is 9.59 Å². The Morgan fingerprint density at radius 3 is 2.44 bits per heavy atom. The van der Waals surface area contributed by atoms with Crippen molar-refractivity contribution in [3.8, 4) is 5.75 Å². The van der Waals surface area contributed by atoms with Crippen molar-refractivity contribution >= 4 is 24.2 Å². The monoisotopic (exact) mass is 405 g/mol. The van der Waals surface area contributed by atoms with Crippen LogP contribution in [0.5, 0.6) is 5.75 Å². The lowest BCUT2D eigenvalue weighted by Crippen LogP contribution is -2.56. The predicted octanol–water partition coefficient (Wildman–Crippen LogP) is 0.983. The number of hydrogen-bond acceptors (Lipinski definition) is 5. The Morgan fingerprint density at radius 2 is 1.81 bits per heavy atom. The summed E-state index contributed by atoms with van der Waals surface area (Å²) in [4.78, 5) is 28.3. The van der Waals surface area contributed by atoms with Gasteiger partial charge in [-0.15, -0.1) is 12.4 Å². The number of morpholine rings is 1. The van der Waals surface area contributed by atoms with E-state index in [1.165, 1.54) is 23.1 Å². The quantitative estimate of drug-likeness (QED) is 0.808. The molecule has 0 radical (unpaired) electrons. The Bertz CT molecular complexity index is 651. The maximum Gasteiger partial charge on any atom is 0.387 e. The van der Waals surface area contributed by atoms with Gasteiger partial charge >= 0.3 is 6.61 Å². The van der Waals surface area contributed by atoms with E-state index >= 15 is 0 Å². The summed E-state index contributed by atoms with van der Waals surface area (Å²) >= 11 is 0. The lowest BCUT2D eigenvalue weighted by molar-refractivity contribution is -0.146. The highest BCUT2D eigenvalue weighted by Crippen LogP contribution is 2.22. The number of nitrogens with zero attached hydrogens (tertiary/aromatic N) is 2. The van der Waals surface area contributed by atoms with Gasteiger partial charge in [-0.1, -0.05) is 12.1 Å². The van der Waals surface area contributed by atoms with Gasteiger partial charge in [0.05, 0.1) is 12.2 Å². The van der Waals surface area contributed by atoms with E-state index in [-0.39, 0.29) is 35.5 Å². The van der Waals surface area contributed by atoms with Crippen LogP contribution >= 0.6 is 12.4 Å². The van der Waals surface area contributed by atoms with E-state index in [4.69, 9.17) is 4.74 Å². The minimum Gasteiger partial charge on any atom is -0.434 e.